The highest BCUT2D eigenvalue weighted by Crippen LogP contribution is 2.30. The third-order valence-corrected chi connectivity index (χ3v) is 5.44. The monoisotopic (exact) mass is 385 g/mol. The zero-order chi connectivity index (χ0) is 19.9. The van der Waals surface area contributed by atoms with Crippen LogP contribution >= 0.6 is 0 Å². The van der Waals surface area contributed by atoms with E-state index in [1.165, 1.54) is 18.2 Å². The largest absolute Gasteiger partial charge is 0.490 e. The first-order chi connectivity index (χ1) is 12.9. The lowest BCUT2D eigenvalue weighted by Gasteiger charge is -2.12. The van der Waals surface area contributed by atoms with Gasteiger partial charge in [-0.2, -0.15) is 5.26 Å². The van der Waals surface area contributed by atoms with Gasteiger partial charge < -0.3 is 9.47 Å². The summed E-state index contributed by atoms with van der Waals surface area (Å²) in [5.74, 6) is 1.11. The molecular weight excluding hydrogens is 362 g/mol. The van der Waals surface area contributed by atoms with Gasteiger partial charge in [0, 0.05) is 0 Å². The fourth-order valence-corrected chi connectivity index (χ4v) is 3.54. The van der Waals surface area contributed by atoms with Crippen molar-refractivity contribution < 1.29 is 17.9 Å². The minimum atomic E-state index is -3.89. The number of hydrogen-bond donors (Lipinski definition) is 0. The fraction of sp³-hybridized carbons (Fsp3) is 0.286. The normalized spacial score (nSPS) is 11.7. The van der Waals surface area contributed by atoms with E-state index in [-0.39, 0.29) is 9.80 Å². The molecule has 0 aliphatic rings. The Hall–Kier alpha value is -2.78. The molecule has 27 heavy (non-hydrogen) atoms. The van der Waals surface area contributed by atoms with E-state index >= 15 is 0 Å². The maximum Gasteiger partial charge on any atom is 0.216 e. The van der Waals surface area contributed by atoms with Crippen molar-refractivity contribution in [3.8, 4) is 17.6 Å². The van der Waals surface area contributed by atoms with Crippen LogP contribution < -0.4 is 9.47 Å². The lowest BCUT2D eigenvalue weighted by molar-refractivity contribution is 0.277. The van der Waals surface area contributed by atoms with Gasteiger partial charge in [-0.15, -0.1) is 0 Å². The Labute approximate surface area is 160 Å². The molecule has 0 atom stereocenters. The van der Waals surface area contributed by atoms with Crippen molar-refractivity contribution in [2.75, 3.05) is 13.2 Å². The predicted octanol–water partition coefficient (Wildman–Crippen LogP) is 4.52. The van der Waals surface area contributed by atoms with Crippen molar-refractivity contribution in [1.29, 1.82) is 5.26 Å². The molecule has 0 aromatic heterocycles. The number of hydrogen-bond acceptors (Lipinski definition) is 5. The summed E-state index contributed by atoms with van der Waals surface area (Å²) in [5.41, 5.74) is 1.50. The maximum absolute atomic E-state index is 12.8. The summed E-state index contributed by atoms with van der Waals surface area (Å²) < 4.78 is 36.7. The van der Waals surface area contributed by atoms with E-state index in [1.54, 1.807) is 36.4 Å². The number of rotatable bonds is 8. The summed E-state index contributed by atoms with van der Waals surface area (Å²) in [5, 5.41) is 9.43. The number of benzene rings is 2. The van der Waals surface area contributed by atoms with Crippen LogP contribution in [-0.4, -0.2) is 21.6 Å². The molecule has 0 aliphatic carbocycles. The number of aryl methyl sites for hydroxylation is 1. The van der Waals surface area contributed by atoms with Gasteiger partial charge in [-0.3, -0.25) is 0 Å². The molecule has 0 saturated carbocycles. The zero-order valence-corrected chi connectivity index (χ0v) is 16.5. The van der Waals surface area contributed by atoms with Gasteiger partial charge in [0.05, 0.1) is 18.1 Å². The zero-order valence-electron chi connectivity index (χ0n) is 15.7. The van der Waals surface area contributed by atoms with Crippen molar-refractivity contribution in [3.05, 3.63) is 58.5 Å². The van der Waals surface area contributed by atoms with Crippen LogP contribution in [0.4, 0.5) is 0 Å². The van der Waals surface area contributed by atoms with Crippen molar-refractivity contribution in [2.24, 2.45) is 0 Å². The average molecular weight is 385 g/mol. The van der Waals surface area contributed by atoms with Gasteiger partial charge in [0.1, 0.15) is 11.0 Å². The first-order valence-electron chi connectivity index (χ1n) is 8.75. The van der Waals surface area contributed by atoms with Crippen LogP contribution in [0, 0.1) is 18.3 Å². The van der Waals surface area contributed by atoms with Crippen LogP contribution in [0.15, 0.2) is 52.3 Å². The Morgan fingerprint density at radius 3 is 2.37 bits per heavy atom. The molecule has 5 nitrogen and oxygen atoms in total. The SMILES string of the molecule is CCCOc1ccc(/C=C(\C#N)S(=O)(=O)c2ccc(C)cc2)cc1OCC. The second-order valence-corrected chi connectivity index (χ2v) is 7.84. The standard InChI is InChI=1S/C21H23NO4S/c1-4-12-26-20-11-8-17(14-21(20)25-5-2)13-19(15-22)27(23,24)18-9-6-16(3)7-10-18/h6-11,13-14H,4-5,12H2,1-3H3/b19-13+. The average Bonchev–Trinajstić information content (AvgIpc) is 2.66. The summed E-state index contributed by atoms with van der Waals surface area (Å²) >= 11 is 0. The van der Waals surface area contributed by atoms with Crippen molar-refractivity contribution in [2.45, 2.75) is 32.1 Å². The molecule has 0 saturated heterocycles. The first-order valence-corrected chi connectivity index (χ1v) is 10.2. The summed E-state index contributed by atoms with van der Waals surface area (Å²) in [6.07, 6.45) is 2.21. The Bertz CT molecular complexity index is 955. The minimum Gasteiger partial charge on any atom is -0.490 e. The topological polar surface area (TPSA) is 76.4 Å². The quantitative estimate of drug-likeness (QED) is 0.624. The van der Waals surface area contributed by atoms with Gasteiger partial charge in [-0.05, 0) is 56.2 Å². The molecule has 6 heteroatoms. The van der Waals surface area contributed by atoms with Crippen LogP contribution in [-0.2, 0) is 9.84 Å². The third-order valence-electron chi connectivity index (χ3n) is 3.76. The number of nitrogens with zero attached hydrogens (tertiary/aromatic N) is 1. The molecule has 0 bridgehead atoms. The van der Waals surface area contributed by atoms with E-state index in [0.29, 0.717) is 30.3 Å². The van der Waals surface area contributed by atoms with Crippen LogP contribution in [0.2, 0.25) is 0 Å². The Kier molecular flexibility index (Phi) is 7.03. The van der Waals surface area contributed by atoms with Gasteiger partial charge >= 0.3 is 0 Å². The molecule has 0 unspecified atom stereocenters. The number of ether oxygens (including phenoxy) is 2. The minimum absolute atomic E-state index is 0.0915. The molecular formula is C21H23NO4S. The molecule has 0 radical (unpaired) electrons. The summed E-state index contributed by atoms with van der Waals surface area (Å²) in [4.78, 5) is -0.232. The van der Waals surface area contributed by atoms with Gasteiger partial charge in [-0.1, -0.05) is 30.7 Å². The molecule has 0 fully saturated rings. The summed E-state index contributed by atoms with van der Waals surface area (Å²) in [6, 6.07) is 13.3. The van der Waals surface area contributed by atoms with Crippen LogP contribution in [0.1, 0.15) is 31.4 Å². The highest BCUT2D eigenvalue weighted by Gasteiger charge is 2.21. The van der Waals surface area contributed by atoms with Gasteiger partial charge in [0.2, 0.25) is 9.84 Å². The van der Waals surface area contributed by atoms with Crippen molar-refractivity contribution in [3.63, 3.8) is 0 Å². The van der Waals surface area contributed by atoms with Crippen LogP contribution in [0.5, 0.6) is 11.5 Å². The third kappa shape index (κ3) is 5.11. The number of allylic oxidation sites excluding steroid dienone is 1. The van der Waals surface area contributed by atoms with Crippen LogP contribution in [0.3, 0.4) is 0 Å². The Morgan fingerprint density at radius 2 is 1.78 bits per heavy atom. The number of sulfone groups is 1. The maximum atomic E-state index is 12.8. The first kappa shape index (κ1) is 20.5. The Morgan fingerprint density at radius 1 is 1.07 bits per heavy atom. The molecule has 0 N–H and O–H groups in total. The second kappa shape index (κ2) is 9.24. The summed E-state index contributed by atoms with van der Waals surface area (Å²) in [7, 11) is -3.89. The molecule has 2 rings (SSSR count). The molecule has 0 amide bonds. The van der Waals surface area contributed by atoms with Crippen molar-refractivity contribution in [1.82, 2.24) is 0 Å². The lowest BCUT2D eigenvalue weighted by Crippen LogP contribution is -2.04. The van der Waals surface area contributed by atoms with E-state index in [9.17, 15) is 13.7 Å². The summed E-state index contributed by atoms with van der Waals surface area (Å²) in [6.45, 7) is 6.74. The number of nitriles is 1. The highest BCUT2D eigenvalue weighted by atomic mass is 32.2. The molecule has 2 aromatic carbocycles. The van der Waals surface area contributed by atoms with E-state index in [1.807, 2.05) is 20.8 Å². The van der Waals surface area contributed by atoms with Gasteiger partial charge in [0.25, 0.3) is 0 Å². The van der Waals surface area contributed by atoms with E-state index < -0.39 is 9.84 Å². The second-order valence-electron chi connectivity index (χ2n) is 5.92. The highest BCUT2D eigenvalue weighted by molar-refractivity contribution is 7.95. The molecule has 142 valence electrons. The smallest absolute Gasteiger partial charge is 0.216 e. The lowest BCUT2D eigenvalue weighted by atomic mass is 10.2. The molecule has 0 spiro atoms. The van der Waals surface area contributed by atoms with Crippen molar-refractivity contribution >= 4 is 15.9 Å². The predicted molar refractivity (Wildman–Crippen MR) is 105 cm³/mol. The van der Waals surface area contributed by atoms with E-state index in [4.69, 9.17) is 9.47 Å². The fourth-order valence-electron chi connectivity index (χ4n) is 2.38. The Balaban J connectivity index is 2.43. The molecule has 0 heterocycles. The van der Waals surface area contributed by atoms with E-state index in [2.05, 4.69) is 0 Å². The van der Waals surface area contributed by atoms with E-state index in [0.717, 1.165) is 12.0 Å². The van der Waals surface area contributed by atoms with Gasteiger partial charge in [-0.25, -0.2) is 8.42 Å². The van der Waals surface area contributed by atoms with Gasteiger partial charge in [0.15, 0.2) is 11.5 Å². The molecule has 2 aromatic rings. The molecule has 0 aliphatic heterocycles. The van der Waals surface area contributed by atoms with Crippen LogP contribution in [0.25, 0.3) is 6.08 Å².